The van der Waals surface area contributed by atoms with E-state index >= 15 is 0 Å². The summed E-state index contributed by atoms with van der Waals surface area (Å²) >= 11 is 0. The Morgan fingerprint density at radius 3 is 2.02 bits per heavy atom. The molecule has 4 aromatic rings. The number of ether oxygens (including phenoxy) is 9. The van der Waals surface area contributed by atoms with Gasteiger partial charge >= 0.3 is 11.9 Å². The lowest BCUT2D eigenvalue weighted by Gasteiger charge is -2.24. The molecule has 0 amide bonds. The highest BCUT2D eigenvalue weighted by atomic mass is 16.7. The Kier molecular flexibility index (Phi) is 10.3. The van der Waals surface area contributed by atoms with Crippen molar-refractivity contribution >= 4 is 22.7 Å². The number of carbonyl (C=O) groups is 2. The largest absolute Gasteiger partial charge is 0.493 e. The van der Waals surface area contributed by atoms with Crippen molar-refractivity contribution in [1.82, 2.24) is 4.98 Å². The van der Waals surface area contributed by atoms with Crippen LogP contribution in [0.2, 0.25) is 0 Å². The highest BCUT2D eigenvalue weighted by molar-refractivity contribution is 6.20. The topological polar surface area (TPSA) is 130 Å². The van der Waals surface area contributed by atoms with E-state index < -0.39 is 11.9 Å². The lowest BCUT2D eigenvalue weighted by atomic mass is 9.87. The van der Waals surface area contributed by atoms with Gasteiger partial charge in [0.05, 0.1) is 53.9 Å². The van der Waals surface area contributed by atoms with Crippen molar-refractivity contribution in [3.8, 4) is 45.6 Å². The number of aromatic nitrogens is 1. The number of fused-ring (bicyclic) bond motifs is 1. The smallest absolute Gasteiger partial charge is 0.343 e. The van der Waals surface area contributed by atoms with Crippen LogP contribution in [0.5, 0.6) is 34.5 Å². The first-order valence-corrected chi connectivity index (χ1v) is 13.2. The molecule has 0 bridgehead atoms. The molecule has 4 rings (SSSR count). The van der Waals surface area contributed by atoms with Crippen LogP contribution in [0.4, 0.5) is 0 Å². The van der Waals surface area contributed by atoms with Gasteiger partial charge in [-0.1, -0.05) is 12.1 Å². The predicted molar refractivity (Wildman–Crippen MR) is 159 cm³/mol. The zero-order chi connectivity index (χ0) is 31.8. The van der Waals surface area contributed by atoms with Gasteiger partial charge in [0.15, 0.2) is 29.8 Å². The second-order valence-electron chi connectivity index (χ2n) is 9.03. The number of esters is 2. The van der Waals surface area contributed by atoms with Crippen molar-refractivity contribution in [3.05, 3.63) is 65.5 Å². The molecule has 0 saturated carbocycles. The fraction of sp³-hybridized carbons (Fsp3) is 0.281. The first kappa shape index (κ1) is 31.7. The van der Waals surface area contributed by atoms with Crippen molar-refractivity contribution in [2.45, 2.75) is 6.61 Å². The van der Waals surface area contributed by atoms with Gasteiger partial charge in [0.25, 0.3) is 0 Å². The van der Waals surface area contributed by atoms with Crippen molar-refractivity contribution in [2.24, 2.45) is 0 Å². The quantitative estimate of drug-likeness (QED) is 0.149. The van der Waals surface area contributed by atoms with Crippen LogP contribution >= 0.6 is 0 Å². The summed E-state index contributed by atoms with van der Waals surface area (Å²) in [5.74, 6) is -0.225. The van der Waals surface area contributed by atoms with Crippen LogP contribution in [-0.2, 0) is 20.8 Å². The Bertz CT molecular complexity index is 1650. The summed E-state index contributed by atoms with van der Waals surface area (Å²) in [4.78, 5) is 32.0. The van der Waals surface area contributed by atoms with Crippen LogP contribution in [0.1, 0.15) is 26.4 Å². The third-order valence-electron chi connectivity index (χ3n) is 6.72. The number of methoxy groups -OCH3 is 7. The average molecular weight is 608 g/mol. The lowest BCUT2D eigenvalue weighted by Crippen LogP contribution is -2.18. The number of hydrogen-bond acceptors (Lipinski definition) is 12. The van der Waals surface area contributed by atoms with Gasteiger partial charge in [0.2, 0.25) is 5.75 Å². The average Bonchev–Trinajstić information content (AvgIpc) is 3.07. The summed E-state index contributed by atoms with van der Waals surface area (Å²) in [6.07, 6.45) is 1.58. The maximum atomic E-state index is 14.0. The summed E-state index contributed by atoms with van der Waals surface area (Å²) in [5.41, 5.74) is 0.829. The Labute approximate surface area is 254 Å². The maximum absolute atomic E-state index is 14.0. The Balaban J connectivity index is 2.22. The van der Waals surface area contributed by atoms with Crippen molar-refractivity contribution in [1.29, 1.82) is 0 Å². The second kappa shape index (κ2) is 14.3. The third-order valence-corrected chi connectivity index (χ3v) is 6.72. The molecule has 0 spiro atoms. The van der Waals surface area contributed by atoms with E-state index in [9.17, 15) is 9.59 Å². The molecule has 0 aliphatic rings. The molecule has 0 unspecified atom stereocenters. The van der Waals surface area contributed by atoms with Crippen molar-refractivity contribution in [2.75, 3.05) is 56.6 Å². The molecule has 0 N–H and O–H groups in total. The number of hydrogen-bond donors (Lipinski definition) is 0. The predicted octanol–water partition coefficient (Wildman–Crippen LogP) is 5.07. The number of carbonyl (C=O) groups excluding carboxylic acids is 2. The van der Waals surface area contributed by atoms with E-state index in [1.54, 1.807) is 48.7 Å². The minimum atomic E-state index is -0.875. The minimum absolute atomic E-state index is 0.0308. The summed E-state index contributed by atoms with van der Waals surface area (Å²) in [7, 11) is 9.97. The summed E-state index contributed by atoms with van der Waals surface area (Å²) in [6, 6.07) is 11.9. The standard InChI is InChI=1S/C32H33NO11/c1-36-17-44-28-20-15-23(39-4)29(40-5)30(41-6)25(20)24(18-11-12-21(37-2)22(14-18)38-3)26(31(34)42-7)27(28)32(35)43-16-19-10-8-9-13-33-19/h8-15H,16-17H2,1-7H3. The molecule has 0 aliphatic heterocycles. The van der Waals surface area contributed by atoms with Crippen LogP contribution in [0.3, 0.4) is 0 Å². The number of nitrogens with zero attached hydrogens (tertiary/aromatic N) is 1. The van der Waals surface area contributed by atoms with E-state index in [0.29, 0.717) is 33.5 Å². The molecule has 12 heteroatoms. The molecule has 1 heterocycles. The molecule has 0 aliphatic carbocycles. The molecule has 0 atom stereocenters. The molecule has 1 aromatic heterocycles. The molecule has 0 saturated heterocycles. The number of benzene rings is 3. The van der Waals surface area contributed by atoms with Crippen LogP contribution in [0.15, 0.2) is 48.7 Å². The monoisotopic (exact) mass is 607 g/mol. The van der Waals surface area contributed by atoms with E-state index in [1.165, 1.54) is 49.8 Å². The van der Waals surface area contributed by atoms with E-state index in [1.807, 2.05) is 0 Å². The van der Waals surface area contributed by atoms with Crippen molar-refractivity contribution < 1.29 is 52.2 Å². The summed E-state index contributed by atoms with van der Waals surface area (Å²) < 4.78 is 50.3. The zero-order valence-electron chi connectivity index (χ0n) is 25.5. The summed E-state index contributed by atoms with van der Waals surface area (Å²) in [6.45, 7) is -0.453. The molecular weight excluding hydrogens is 574 g/mol. The third kappa shape index (κ3) is 5.97. The number of rotatable bonds is 13. The normalized spacial score (nSPS) is 10.6. The minimum Gasteiger partial charge on any atom is -0.493 e. The lowest BCUT2D eigenvalue weighted by molar-refractivity contribution is 0.0397. The van der Waals surface area contributed by atoms with Crippen LogP contribution in [0.25, 0.3) is 21.9 Å². The first-order chi connectivity index (χ1) is 21.4. The molecule has 0 radical (unpaired) electrons. The highest BCUT2D eigenvalue weighted by Gasteiger charge is 2.35. The van der Waals surface area contributed by atoms with E-state index in [4.69, 9.17) is 42.6 Å². The Hall–Kier alpha value is -5.23. The van der Waals surface area contributed by atoms with Gasteiger partial charge in [-0.2, -0.15) is 0 Å². The Morgan fingerprint density at radius 1 is 0.705 bits per heavy atom. The molecule has 232 valence electrons. The van der Waals surface area contributed by atoms with E-state index in [2.05, 4.69) is 4.98 Å². The van der Waals surface area contributed by atoms with Crippen LogP contribution in [0, 0.1) is 0 Å². The molecule has 0 fully saturated rings. The van der Waals surface area contributed by atoms with E-state index in [0.717, 1.165) is 0 Å². The van der Waals surface area contributed by atoms with Gasteiger partial charge < -0.3 is 42.6 Å². The highest BCUT2D eigenvalue weighted by Crippen LogP contribution is 2.53. The van der Waals surface area contributed by atoms with Gasteiger partial charge in [0.1, 0.15) is 17.9 Å². The fourth-order valence-corrected chi connectivity index (χ4v) is 4.83. The zero-order valence-corrected chi connectivity index (χ0v) is 25.5. The van der Waals surface area contributed by atoms with Crippen molar-refractivity contribution in [3.63, 3.8) is 0 Å². The van der Waals surface area contributed by atoms with E-state index in [-0.39, 0.29) is 53.1 Å². The molecule has 3 aromatic carbocycles. The van der Waals surface area contributed by atoms with Gasteiger partial charge in [-0.25, -0.2) is 9.59 Å². The summed E-state index contributed by atoms with van der Waals surface area (Å²) in [5, 5.41) is 0.684. The first-order valence-electron chi connectivity index (χ1n) is 13.2. The van der Waals surface area contributed by atoms with Crippen LogP contribution < -0.4 is 28.4 Å². The van der Waals surface area contributed by atoms with Gasteiger partial charge in [-0.05, 0) is 35.9 Å². The molecular formula is C32H33NO11. The number of pyridine rings is 1. The molecule has 12 nitrogen and oxygen atoms in total. The Morgan fingerprint density at radius 2 is 1.43 bits per heavy atom. The fourth-order valence-electron chi connectivity index (χ4n) is 4.83. The maximum Gasteiger partial charge on any atom is 0.343 e. The van der Waals surface area contributed by atoms with Crippen LogP contribution in [-0.4, -0.2) is 73.5 Å². The molecule has 44 heavy (non-hydrogen) atoms. The van der Waals surface area contributed by atoms with Gasteiger partial charge in [-0.15, -0.1) is 0 Å². The SMILES string of the molecule is COCOc1c(C(=O)OCc2ccccn2)c(C(=O)OC)c(-c2ccc(OC)c(OC)c2)c2c(OC)c(OC)c(OC)cc12. The second-order valence-corrected chi connectivity index (χ2v) is 9.03. The van der Waals surface area contributed by atoms with Gasteiger partial charge in [-0.3, -0.25) is 4.98 Å². The van der Waals surface area contributed by atoms with Gasteiger partial charge in [0, 0.05) is 29.6 Å².